The largest absolute Gasteiger partial charge is 0.377 e. The van der Waals surface area contributed by atoms with Gasteiger partial charge >= 0.3 is 0 Å². The molecule has 0 bridgehead atoms. The molecule has 2 saturated heterocycles. The number of benzene rings is 1. The molecule has 2 unspecified atom stereocenters. The molecule has 0 spiro atoms. The Morgan fingerprint density at radius 1 is 1.21 bits per heavy atom. The number of halogens is 1. The third kappa shape index (κ3) is 3.85. The van der Waals surface area contributed by atoms with Gasteiger partial charge in [0.1, 0.15) is 5.69 Å². The van der Waals surface area contributed by atoms with Crippen LogP contribution in [0.15, 0.2) is 30.7 Å². The fourth-order valence-corrected chi connectivity index (χ4v) is 5.51. The van der Waals surface area contributed by atoms with Crippen molar-refractivity contribution in [1.29, 1.82) is 0 Å². The lowest BCUT2D eigenvalue weighted by molar-refractivity contribution is -0.131. The molecule has 6 rings (SSSR count). The highest BCUT2D eigenvalue weighted by Gasteiger charge is 2.41. The Labute approximate surface area is 203 Å². The zero-order valence-electron chi connectivity index (χ0n) is 19.6. The minimum atomic E-state index is 0.0111. The number of nitrogens with zero attached hydrogens (tertiary/aromatic N) is 6. The molecule has 1 aliphatic carbocycles. The molecule has 3 aliphatic rings. The first kappa shape index (κ1) is 21.9. The molecule has 1 amide bonds. The van der Waals surface area contributed by atoms with Gasteiger partial charge in [-0.05, 0) is 25.5 Å². The van der Waals surface area contributed by atoms with Crippen molar-refractivity contribution in [2.24, 2.45) is 5.92 Å². The van der Waals surface area contributed by atoms with E-state index in [1.54, 1.807) is 6.92 Å². The van der Waals surface area contributed by atoms with Gasteiger partial charge < -0.3 is 15.0 Å². The van der Waals surface area contributed by atoms with E-state index >= 15 is 0 Å². The monoisotopic (exact) mass is 483 g/mol. The highest BCUT2D eigenvalue weighted by molar-refractivity contribution is 6.34. The maximum absolute atomic E-state index is 11.2. The summed E-state index contributed by atoms with van der Waals surface area (Å²) < 4.78 is 9.39. The number of rotatable bonds is 6. The van der Waals surface area contributed by atoms with E-state index in [-0.39, 0.29) is 11.4 Å². The molecule has 2 aromatic heterocycles. The van der Waals surface area contributed by atoms with Crippen LogP contribution >= 0.6 is 11.6 Å². The van der Waals surface area contributed by atoms with Crippen LogP contribution < -0.4 is 10.2 Å². The number of hydrogen-bond donors (Lipinski definition) is 1. The molecular weight excluding hydrogens is 454 g/mol. The van der Waals surface area contributed by atoms with Crippen LogP contribution in [0.25, 0.3) is 16.6 Å². The quantitative estimate of drug-likeness (QED) is 0.580. The van der Waals surface area contributed by atoms with E-state index in [4.69, 9.17) is 16.3 Å². The maximum atomic E-state index is 11.2. The number of piperazine rings is 1. The Kier molecular flexibility index (Phi) is 5.31. The zero-order chi connectivity index (χ0) is 23.4. The average Bonchev–Trinajstić information content (AvgIpc) is 3.21. The number of anilines is 1. The summed E-state index contributed by atoms with van der Waals surface area (Å²) in [5, 5.41) is 13.9. The zero-order valence-corrected chi connectivity index (χ0v) is 20.3. The van der Waals surface area contributed by atoms with Gasteiger partial charge in [0.2, 0.25) is 5.91 Å². The van der Waals surface area contributed by atoms with Gasteiger partial charge in [0.15, 0.2) is 0 Å². The summed E-state index contributed by atoms with van der Waals surface area (Å²) in [6.45, 7) is 10.0. The lowest BCUT2D eigenvalue weighted by atomic mass is 9.97. The molecule has 0 radical (unpaired) electrons. The third-order valence-electron chi connectivity index (χ3n) is 7.52. The van der Waals surface area contributed by atoms with E-state index in [0.29, 0.717) is 18.5 Å². The van der Waals surface area contributed by atoms with Gasteiger partial charge in [-0.1, -0.05) is 11.6 Å². The van der Waals surface area contributed by atoms with Gasteiger partial charge in [0, 0.05) is 51.0 Å². The van der Waals surface area contributed by atoms with Gasteiger partial charge in [-0.2, -0.15) is 10.2 Å². The van der Waals surface area contributed by atoms with Crippen LogP contribution in [0.1, 0.15) is 26.3 Å². The van der Waals surface area contributed by atoms with Crippen molar-refractivity contribution in [2.75, 3.05) is 50.8 Å². The van der Waals surface area contributed by atoms with Crippen molar-refractivity contribution in [1.82, 2.24) is 29.8 Å². The molecule has 4 heterocycles. The van der Waals surface area contributed by atoms with Crippen molar-refractivity contribution in [3.8, 4) is 5.69 Å². The lowest BCUT2D eigenvalue weighted by Gasteiger charge is -2.50. The Balaban J connectivity index is 1.20. The number of fused-ring (bicyclic) bond motifs is 1. The van der Waals surface area contributed by atoms with Crippen molar-refractivity contribution in [2.45, 2.75) is 31.8 Å². The molecule has 34 heavy (non-hydrogen) atoms. The average molecular weight is 484 g/mol. The van der Waals surface area contributed by atoms with Crippen LogP contribution in [0.3, 0.4) is 0 Å². The first-order valence-corrected chi connectivity index (χ1v) is 12.3. The van der Waals surface area contributed by atoms with Crippen LogP contribution in [-0.2, 0) is 9.53 Å². The van der Waals surface area contributed by atoms with Crippen molar-refractivity contribution >= 4 is 34.1 Å². The number of amides is 1. The molecular formula is C24H30ClN7O2. The summed E-state index contributed by atoms with van der Waals surface area (Å²) in [7, 11) is 0. The van der Waals surface area contributed by atoms with Crippen LogP contribution in [-0.4, -0.2) is 81.8 Å². The number of ether oxygens (including phenoxy) is 1. The second-order valence-corrected chi connectivity index (χ2v) is 10.5. The molecule has 2 aliphatic heterocycles. The first-order valence-electron chi connectivity index (χ1n) is 12.0. The van der Waals surface area contributed by atoms with Gasteiger partial charge in [-0.25, -0.2) is 4.68 Å². The predicted molar refractivity (Wildman–Crippen MR) is 131 cm³/mol. The summed E-state index contributed by atoms with van der Waals surface area (Å²) in [4.78, 5) is 16.1. The topological polar surface area (TPSA) is 80.5 Å². The van der Waals surface area contributed by atoms with E-state index in [2.05, 4.69) is 38.3 Å². The second-order valence-electron chi connectivity index (χ2n) is 10.1. The number of carbonyl (C=O) groups excluding carboxylic acids is 1. The summed E-state index contributed by atoms with van der Waals surface area (Å²) in [6.07, 6.45) is 6.78. The van der Waals surface area contributed by atoms with E-state index in [0.717, 1.165) is 73.1 Å². The molecule has 2 atom stereocenters. The smallest absolute Gasteiger partial charge is 0.216 e. The molecule has 9 nitrogen and oxygen atoms in total. The molecule has 1 aromatic carbocycles. The summed E-state index contributed by atoms with van der Waals surface area (Å²) in [6, 6.07) is 4.49. The van der Waals surface area contributed by atoms with Gasteiger partial charge in [0.25, 0.3) is 0 Å². The van der Waals surface area contributed by atoms with Crippen molar-refractivity contribution < 1.29 is 9.53 Å². The fraction of sp³-hybridized carbons (Fsp3) is 0.542. The van der Waals surface area contributed by atoms with E-state index in [1.807, 2.05) is 34.0 Å². The Morgan fingerprint density at radius 3 is 2.71 bits per heavy atom. The molecule has 10 heteroatoms. The highest BCUT2D eigenvalue weighted by Crippen LogP contribution is 2.42. The summed E-state index contributed by atoms with van der Waals surface area (Å²) in [5.74, 6) is 0.445. The van der Waals surface area contributed by atoms with Crippen LogP contribution in [0.2, 0.25) is 5.02 Å². The molecule has 1 N–H and O–H groups in total. The molecule has 1 saturated carbocycles. The Morgan fingerprint density at radius 2 is 2.00 bits per heavy atom. The van der Waals surface area contributed by atoms with E-state index < -0.39 is 0 Å². The minimum Gasteiger partial charge on any atom is -0.377 e. The molecule has 3 aromatic rings. The molecule has 3 fully saturated rings. The van der Waals surface area contributed by atoms with Gasteiger partial charge in [-0.15, -0.1) is 0 Å². The Hall–Kier alpha value is -2.62. The number of aromatic nitrogens is 4. The summed E-state index contributed by atoms with van der Waals surface area (Å²) >= 11 is 6.72. The van der Waals surface area contributed by atoms with E-state index in [1.165, 1.54) is 0 Å². The van der Waals surface area contributed by atoms with Crippen LogP contribution in [0.5, 0.6) is 0 Å². The van der Waals surface area contributed by atoms with Gasteiger partial charge in [0.05, 0.1) is 59.6 Å². The lowest BCUT2D eigenvalue weighted by Crippen LogP contribution is -2.64. The standard InChI is InChI=1S/C24H30ClN7O2/c1-16(33)26-10-18-8-21(18)31-13-19(12-27-31)32-22-9-23(20(25)7-17(22)11-28-32)29-3-5-30(6-4-29)24(2)14-34-15-24/h7,9,11-13,18,21H,3-6,8,10,14-15H2,1-2H3,(H,26,33). The normalized spacial score (nSPS) is 24.3. The third-order valence-corrected chi connectivity index (χ3v) is 7.82. The minimum absolute atomic E-state index is 0.0111. The SMILES string of the molecule is CC(=O)NCC1CC1n1cc(-n2ncc3cc(Cl)c(N4CCN(C5(C)COC5)CC4)cc32)cn1. The Bertz CT molecular complexity index is 1230. The fourth-order valence-electron chi connectivity index (χ4n) is 5.22. The maximum Gasteiger partial charge on any atom is 0.216 e. The van der Waals surface area contributed by atoms with Crippen LogP contribution in [0, 0.1) is 5.92 Å². The predicted octanol–water partition coefficient (Wildman–Crippen LogP) is 2.48. The highest BCUT2D eigenvalue weighted by atomic mass is 35.5. The molecule has 180 valence electrons. The number of carbonyl (C=O) groups is 1. The number of nitrogens with one attached hydrogen (secondary N) is 1. The number of hydrogen-bond acceptors (Lipinski definition) is 6. The first-order chi connectivity index (χ1) is 16.4. The van der Waals surface area contributed by atoms with Crippen molar-refractivity contribution in [3.05, 3.63) is 35.7 Å². The summed E-state index contributed by atoms with van der Waals surface area (Å²) in [5.41, 5.74) is 3.18. The van der Waals surface area contributed by atoms with Crippen LogP contribution in [0.4, 0.5) is 5.69 Å². The van der Waals surface area contributed by atoms with Crippen molar-refractivity contribution in [3.63, 3.8) is 0 Å². The second kappa shape index (κ2) is 8.25. The van der Waals surface area contributed by atoms with Gasteiger partial charge in [-0.3, -0.25) is 14.4 Å². The van der Waals surface area contributed by atoms with E-state index in [9.17, 15) is 4.79 Å².